The molecule has 0 aromatic heterocycles. The zero-order valence-electron chi connectivity index (χ0n) is 9.38. The highest BCUT2D eigenvalue weighted by Crippen LogP contribution is 2.10. The first-order chi connectivity index (χ1) is 8.49. The van der Waals surface area contributed by atoms with Crippen LogP contribution in [0.2, 0.25) is 0 Å². The predicted octanol–water partition coefficient (Wildman–Crippen LogP) is 1.15. The molecule has 1 unspecified atom stereocenters. The molecule has 0 heterocycles. The fourth-order valence-corrected chi connectivity index (χ4v) is 1.11. The molecule has 0 aliphatic heterocycles. The summed E-state index contributed by atoms with van der Waals surface area (Å²) in [5.74, 6) is -0.473. The van der Waals surface area contributed by atoms with E-state index in [-0.39, 0.29) is 5.75 Å². The second kappa shape index (κ2) is 6.70. The standard InChI is InChI=1S/C12H13F2NO3/c13-12(14)10(17)7-15-11(18)6-3-8-1-4-9(16)5-2-8/h1-6,10,12,16-17H,7H2,(H,15,18)/b6-3+. The molecule has 0 aliphatic carbocycles. The van der Waals surface area contributed by atoms with Gasteiger partial charge in [-0.1, -0.05) is 12.1 Å². The van der Waals surface area contributed by atoms with Crippen LogP contribution in [-0.2, 0) is 4.79 Å². The number of halogens is 2. The topological polar surface area (TPSA) is 69.6 Å². The zero-order valence-corrected chi connectivity index (χ0v) is 9.38. The van der Waals surface area contributed by atoms with Gasteiger partial charge in [0.1, 0.15) is 11.9 Å². The summed E-state index contributed by atoms with van der Waals surface area (Å²) in [5, 5.41) is 19.9. The number of amides is 1. The molecule has 4 nitrogen and oxygen atoms in total. The number of aliphatic hydroxyl groups is 1. The van der Waals surface area contributed by atoms with Crippen molar-refractivity contribution in [3.63, 3.8) is 0 Å². The van der Waals surface area contributed by atoms with Gasteiger partial charge in [0.05, 0.1) is 0 Å². The third kappa shape index (κ3) is 4.92. The highest BCUT2D eigenvalue weighted by Gasteiger charge is 2.16. The zero-order chi connectivity index (χ0) is 13.5. The van der Waals surface area contributed by atoms with Crippen LogP contribution in [0.25, 0.3) is 6.08 Å². The lowest BCUT2D eigenvalue weighted by Crippen LogP contribution is -2.34. The Morgan fingerprint density at radius 1 is 1.33 bits per heavy atom. The predicted molar refractivity (Wildman–Crippen MR) is 62.2 cm³/mol. The largest absolute Gasteiger partial charge is 0.508 e. The molecular weight excluding hydrogens is 244 g/mol. The molecule has 0 saturated carbocycles. The van der Waals surface area contributed by atoms with Crippen molar-refractivity contribution >= 4 is 12.0 Å². The molecule has 1 rings (SSSR count). The van der Waals surface area contributed by atoms with Crippen LogP contribution in [0.4, 0.5) is 8.78 Å². The summed E-state index contributed by atoms with van der Waals surface area (Å²) >= 11 is 0. The van der Waals surface area contributed by atoms with E-state index in [2.05, 4.69) is 5.32 Å². The van der Waals surface area contributed by atoms with E-state index in [4.69, 9.17) is 10.2 Å². The summed E-state index contributed by atoms with van der Waals surface area (Å²) < 4.78 is 23.8. The molecule has 0 bridgehead atoms. The second-order valence-electron chi connectivity index (χ2n) is 3.57. The third-order valence-corrected chi connectivity index (χ3v) is 2.10. The van der Waals surface area contributed by atoms with E-state index in [1.165, 1.54) is 18.2 Å². The quantitative estimate of drug-likeness (QED) is 0.693. The molecule has 98 valence electrons. The van der Waals surface area contributed by atoms with Crippen LogP contribution in [0, 0.1) is 0 Å². The molecule has 1 atom stereocenters. The average molecular weight is 257 g/mol. The minimum absolute atomic E-state index is 0.108. The highest BCUT2D eigenvalue weighted by atomic mass is 19.3. The van der Waals surface area contributed by atoms with Gasteiger partial charge in [-0.25, -0.2) is 8.78 Å². The maximum absolute atomic E-state index is 11.9. The minimum atomic E-state index is -2.88. The number of aliphatic hydroxyl groups excluding tert-OH is 1. The van der Waals surface area contributed by atoms with E-state index in [1.54, 1.807) is 12.1 Å². The lowest BCUT2D eigenvalue weighted by Gasteiger charge is -2.08. The van der Waals surface area contributed by atoms with E-state index in [0.29, 0.717) is 5.56 Å². The molecule has 1 aromatic carbocycles. The average Bonchev–Trinajstić information content (AvgIpc) is 2.35. The van der Waals surface area contributed by atoms with E-state index in [9.17, 15) is 13.6 Å². The summed E-state index contributed by atoms with van der Waals surface area (Å²) in [6.45, 7) is -0.504. The van der Waals surface area contributed by atoms with Crippen LogP contribution in [0.1, 0.15) is 5.56 Å². The van der Waals surface area contributed by atoms with Gasteiger partial charge in [0, 0.05) is 12.6 Å². The van der Waals surface area contributed by atoms with Crippen LogP contribution in [-0.4, -0.2) is 35.2 Å². The molecule has 0 fully saturated rings. The Morgan fingerprint density at radius 3 is 2.50 bits per heavy atom. The second-order valence-corrected chi connectivity index (χ2v) is 3.57. The van der Waals surface area contributed by atoms with Crippen molar-refractivity contribution in [2.75, 3.05) is 6.54 Å². The highest BCUT2D eigenvalue weighted by molar-refractivity contribution is 5.91. The number of aromatic hydroxyl groups is 1. The number of carbonyl (C=O) groups excluding carboxylic acids is 1. The normalized spacial score (nSPS) is 12.9. The monoisotopic (exact) mass is 257 g/mol. The van der Waals surface area contributed by atoms with Gasteiger partial charge >= 0.3 is 0 Å². The van der Waals surface area contributed by atoms with Gasteiger partial charge in [0.2, 0.25) is 5.91 Å². The van der Waals surface area contributed by atoms with Crippen LogP contribution < -0.4 is 5.32 Å². The molecular formula is C12H13F2NO3. The van der Waals surface area contributed by atoms with Gasteiger partial charge in [-0.3, -0.25) is 4.79 Å². The van der Waals surface area contributed by atoms with Crippen molar-refractivity contribution in [1.82, 2.24) is 5.32 Å². The molecule has 1 amide bonds. The summed E-state index contributed by atoms with van der Waals surface area (Å²) in [4.78, 5) is 11.2. The number of benzene rings is 1. The summed E-state index contributed by atoms with van der Waals surface area (Å²) in [6.07, 6.45) is -2.13. The van der Waals surface area contributed by atoms with E-state index in [0.717, 1.165) is 6.08 Å². The SMILES string of the molecule is O=C(/C=C/c1ccc(O)cc1)NCC(O)C(F)F. The maximum atomic E-state index is 11.9. The van der Waals surface area contributed by atoms with E-state index >= 15 is 0 Å². The van der Waals surface area contributed by atoms with Crippen LogP contribution in [0.15, 0.2) is 30.3 Å². The Morgan fingerprint density at radius 2 is 1.94 bits per heavy atom. The molecule has 0 aliphatic rings. The van der Waals surface area contributed by atoms with Crippen molar-refractivity contribution in [1.29, 1.82) is 0 Å². The molecule has 1 aromatic rings. The Hall–Kier alpha value is -1.95. The fourth-order valence-electron chi connectivity index (χ4n) is 1.11. The Kier molecular flexibility index (Phi) is 5.26. The molecule has 3 N–H and O–H groups in total. The Balaban J connectivity index is 2.42. The van der Waals surface area contributed by atoms with Crippen molar-refractivity contribution in [3.05, 3.63) is 35.9 Å². The van der Waals surface area contributed by atoms with Gasteiger partial charge in [-0.2, -0.15) is 0 Å². The maximum Gasteiger partial charge on any atom is 0.265 e. The van der Waals surface area contributed by atoms with Crippen LogP contribution in [0.5, 0.6) is 5.75 Å². The number of hydrogen-bond donors (Lipinski definition) is 3. The van der Waals surface area contributed by atoms with Crippen LogP contribution in [0.3, 0.4) is 0 Å². The summed E-state index contributed by atoms with van der Waals surface area (Å²) in [6, 6.07) is 6.09. The van der Waals surface area contributed by atoms with E-state index < -0.39 is 25.0 Å². The van der Waals surface area contributed by atoms with Crippen molar-refractivity contribution in [3.8, 4) is 5.75 Å². The lowest BCUT2D eigenvalue weighted by molar-refractivity contribution is -0.117. The molecule has 6 heteroatoms. The number of nitrogens with one attached hydrogen (secondary N) is 1. The number of hydrogen-bond acceptors (Lipinski definition) is 3. The van der Waals surface area contributed by atoms with E-state index in [1.807, 2.05) is 0 Å². The molecule has 18 heavy (non-hydrogen) atoms. The first-order valence-electron chi connectivity index (χ1n) is 5.20. The third-order valence-electron chi connectivity index (χ3n) is 2.10. The number of phenols is 1. The number of phenolic OH excluding ortho intramolecular Hbond substituents is 1. The van der Waals surface area contributed by atoms with Gasteiger partial charge in [0.25, 0.3) is 6.43 Å². The first-order valence-corrected chi connectivity index (χ1v) is 5.20. The molecule has 0 saturated heterocycles. The summed E-state index contributed by atoms with van der Waals surface area (Å²) in [7, 11) is 0. The Bertz CT molecular complexity index is 418. The van der Waals surface area contributed by atoms with Gasteiger partial charge in [-0.05, 0) is 23.8 Å². The fraction of sp³-hybridized carbons (Fsp3) is 0.250. The Labute approximate surface area is 103 Å². The van der Waals surface area contributed by atoms with Crippen molar-refractivity contribution < 1.29 is 23.8 Å². The lowest BCUT2D eigenvalue weighted by atomic mass is 10.2. The molecule has 0 spiro atoms. The number of alkyl halides is 2. The van der Waals surface area contributed by atoms with Gasteiger partial charge in [-0.15, -0.1) is 0 Å². The number of rotatable bonds is 5. The number of carbonyl (C=O) groups is 1. The smallest absolute Gasteiger partial charge is 0.265 e. The van der Waals surface area contributed by atoms with Gasteiger partial charge in [0.15, 0.2) is 0 Å². The van der Waals surface area contributed by atoms with Crippen molar-refractivity contribution in [2.24, 2.45) is 0 Å². The van der Waals surface area contributed by atoms with Crippen molar-refractivity contribution in [2.45, 2.75) is 12.5 Å². The summed E-state index contributed by atoms with van der Waals surface area (Å²) in [5.41, 5.74) is 0.678. The minimum Gasteiger partial charge on any atom is -0.508 e. The first kappa shape index (κ1) is 14.1. The van der Waals surface area contributed by atoms with Crippen LogP contribution >= 0.6 is 0 Å². The molecule has 0 radical (unpaired) electrons. The van der Waals surface area contributed by atoms with Gasteiger partial charge < -0.3 is 15.5 Å².